The summed E-state index contributed by atoms with van der Waals surface area (Å²) < 4.78 is 16.1. The maximum Gasteiger partial charge on any atom is 0.509 e. The lowest BCUT2D eigenvalue weighted by Crippen LogP contribution is -2.63. The van der Waals surface area contributed by atoms with Gasteiger partial charge in [0.05, 0.1) is 12.7 Å². The van der Waals surface area contributed by atoms with Crippen LogP contribution < -0.4 is 0 Å². The highest BCUT2D eigenvalue weighted by Crippen LogP contribution is 2.68. The number of Topliss-reactive ketones (excluding diaryl/α,β-unsaturated/α-hetero) is 1. The van der Waals surface area contributed by atoms with Crippen LogP contribution in [0.2, 0.25) is 0 Å². The fourth-order valence-electron chi connectivity index (χ4n) is 8.00. The molecule has 4 aliphatic rings. The fraction of sp³-hybridized carbons (Fsp3) is 0.778. The Bertz CT molecular complexity index is 939. The summed E-state index contributed by atoms with van der Waals surface area (Å²) in [5, 5.41) is 11.6. The third kappa shape index (κ3) is 4.11. The number of aliphatic hydroxyl groups excluding tert-OH is 1. The number of hydrogen-bond acceptors (Lipinski definition) is 8. The molecule has 0 radical (unpaired) electrons. The molecule has 0 bridgehead atoms. The third-order valence-corrected chi connectivity index (χ3v) is 9.55. The van der Waals surface area contributed by atoms with Gasteiger partial charge in [-0.2, -0.15) is 0 Å². The van der Waals surface area contributed by atoms with E-state index in [-0.39, 0.29) is 42.0 Å². The van der Waals surface area contributed by atoms with Crippen LogP contribution in [0.4, 0.5) is 4.79 Å². The van der Waals surface area contributed by atoms with Gasteiger partial charge in [-0.3, -0.25) is 14.4 Å². The second-order valence-electron chi connectivity index (χ2n) is 11.3. The summed E-state index contributed by atoms with van der Waals surface area (Å²) in [4.78, 5) is 49.8. The summed E-state index contributed by atoms with van der Waals surface area (Å²) in [6.45, 7) is 6.88. The van der Waals surface area contributed by atoms with Gasteiger partial charge in [0.25, 0.3) is 0 Å². The molecule has 0 aromatic heterocycles. The molecular weight excluding hydrogens is 452 g/mol. The van der Waals surface area contributed by atoms with Gasteiger partial charge in [-0.05, 0) is 74.2 Å². The van der Waals surface area contributed by atoms with Gasteiger partial charge in [-0.15, -0.1) is 0 Å². The molecule has 1 N–H and O–H groups in total. The first-order chi connectivity index (χ1) is 16.5. The van der Waals surface area contributed by atoms with E-state index in [1.54, 1.807) is 6.08 Å². The number of carbonyl (C=O) groups is 4. The van der Waals surface area contributed by atoms with Gasteiger partial charge in [-0.25, -0.2) is 4.79 Å². The van der Waals surface area contributed by atoms with Crippen LogP contribution in [0.25, 0.3) is 0 Å². The van der Waals surface area contributed by atoms with E-state index in [0.717, 1.165) is 24.8 Å². The van der Waals surface area contributed by atoms with Crippen molar-refractivity contribution in [2.45, 2.75) is 90.8 Å². The summed E-state index contributed by atoms with van der Waals surface area (Å²) in [5.74, 6) is -0.773. The van der Waals surface area contributed by atoms with Crippen LogP contribution in [-0.4, -0.2) is 53.7 Å². The molecule has 7 atom stereocenters. The van der Waals surface area contributed by atoms with Crippen molar-refractivity contribution in [2.75, 3.05) is 13.2 Å². The van der Waals surface area contributed by atoms with Crippen LogP contribution >= 0.6 is 0 Å². The first-order valence-corrected chi connectivity index (χ1v) is 12.9. The molecule has 0 saturated heterocycles. The fourth-order valence-corrected chi connectivity index (χ4v) is 8.00. The van der Waals surface area contributed by atoms with Crippen molar-refractivity contribution in [3.63, 3.8) is 0 Å². The zero-order valence-corrected chi connectivity index (χ0v) is 21.3. The van der Waals surface area contributed by atoms with Crippen molar-refractivity contribution in [1.82, 2.24) is 0 Å². The average Bonchev–Trinajstić information content (AvgIpc) is 3.08. The lowest BCUT2D eigenvalue weighted by atomic mass is 9.45. The first kappa shape index (κ1) is 25.9. The van der Waals surface area contributed by atoms with Crippen LogP contribution in [-0.2, 0) is 28.6 Å². The van der Waals surface area contributed by atoms with E-state index in [1.165, 1.54) is 6.92 Å². The summed E-state index contributed by atoms with van der Waals surface area (Å²) in [7, 11) is 0. The molecule has 4 rings (SSSR count). The van der Waals surface area contributed by atoms with Crippen molar-refractivity contribution in [2.24, 2.45) is 28.6 Å². The van der Waals surface area contributed by atoms with E-state index in [0.29, 0.717) is 25.7 Å². The Balaban J connectivity index is 1.70. The number of hydrogen-bond donors (Lipinski definition) is 1. The summed E-state index contributed by atoms with van der Waals surface area (Å²) in [5.41, 5.74) is -1.50. The molecule has 0 aliphatic heterocycles. The highest BCUT2D eigenvalue weighted by atomic mass is 16.7. The predicted octanol–water partition coefficient (Wildman–Crippen LogP) is 3.92. The second kappa shape index (κ2) is 9.34. The van der Waals surface area contributed by atoms with Gasteiger partial charge >= 0.3 is 12.1 Å². The van der Waals surface area contributed by atoms with Crippen molar-refractivity contribution < 1.29 is 38.5 Å². The Morgan fingerprint density at radius 2 is 1.86 bits per heavy atom. The molecule has 0 amide bonds. The number of ether oxygens (including phenoxy) is 3. The molecule has 8 nitrogen and oxygen atoms in total. The topological polar surface area (TPSA) is 116 Å². The molecule has 3 saturated carbocycles. The minimum atomic E-state index is -1.54. The van der Waals surface area contributed by atoms with E-state index in [2.05, 4.69) is 6.92 Å². The molecule has 0 spiro atoms. The maximum atomic E-state index is 13.6. The molecular formula is C27H38O8. The predicted molar refractivity (Wildman–Crippen MR) is 125 cm³/mol. The van der Waals surface area contributed by atoms with Crippen molar-refractivity contribution in [1.29, 1.82) is 0 Å². The van der Waals surface area contributed by atoms with E-state index in [4.69, 9.17) is 14.2 Å². The van der Waals surface area contributed by atoms with Gasteiger partial charge in [0.2, 0.25) is 5.78 Å². The lowest BCUT2D eigenvalue weighted by molar-refractivity contribution is -0.188. The van der Waals surface area contributed by atoms with E-state index in [1.807, 2.05) is 13.8 Å². The number of ketones is 2. The Hall–Kier alpha value is -2.22. The van der Waals surface area contributed by atoms with E-state index >= 15 is 0 Å². The Morgan fingerprint density at radius 3 is 2.54 bits per heavy atom. The van der Waals surface area contributed by atoms with Gasteiger partial charge in [0.1, 0.15) is 0 Å². The number of rotatable bonds is 6. The zero-order chi connectivity index (χ0) is 25.6. The molecule has 0 heterocycles. The molecule has 3 fully saturated rings. The molecule has 0 aromatic carbocycles. The first-order valence-electron chi connectivity index (χ1n) is 12.9. The van der Waals surface area contributed by atoms with Crippen LogP contribution in [0, 0.1) is 28.6 Å². The van der Waals surface area contributed by atoms with Crippen molar-refractivity contribution in [3.05, 3.63) is 11.6 Å². The average molecular weight is 491 g/mol. The monoisotopic (exact) mass is 490 g/mol. The van der Waals surface area contributed by atoms with Gasteiger partial charge in [0.15, 0.2) is 18.0 Å². The minimum absolute atomic E-state index is 0.0277. The Kier molecular flexibility index (Phi) is 6.90. The van der Waals surface area contributed by atoms with Gasteiger partial charge in [-0.1, -0.05) is 26.3 Å². The molecule has 4 aliphatic carbocycles. The van der Waals surface area contributed by atoms with E-state index < -0.39 is 41.6 Å². The van der Waals surface area contributed by atoms with Crippen LogP contribution in [0.15, 0.2) is 11.6 Å². The number of allylic oxidation sites excluding steroid dienone is 1. The molecule has 0 unspecified atom stereocenters. The quantitative estimate of drug-likeness (QED) is 0.557. The standard InChI is InChI=1S/C27H38O8/c1-5-12-33-24(32)35-27(22(31)15-34-16(2)28)11-9-20-19-7-6-17-13-18(29)8-10-25(17,3)23(19)21(30)14-26(20,27)4/h13,19-21,23,30H,5-12,14-15H2,1-4H3/t19-,20-,21-,23+,25-,26-,27-/m0/s1. The van der Waals surface area contributed by atoms with Gasteiger partial charge < -0.3 is 19.3 Å². The maximum absolute atomic E-state index is 13.6. The highest BCUT2D eigenvalue weighted by molar-refractivity contribution is 5.93. The number of carbonyl (C=O) groups excluding carboxylic acids is 4. The zero-order valence-electron chi connectivity index (χ0n) is 21.3. The smallest absolute Gasteiger partial charge is 0.458 e. The summed E-state index contributed by atoms with van der Waals surface area (Å²) >= 11 is 0. The molecule has 8 heteroatoms. The second-order valence-corrected chi connectivity index (χ2v) is 11.3. The SMILES string of the molecule is CCCOC(=O)O[C@]1(C(=O)COC(C)=O)CC[C@H]2[C@@H]3CCC4=CC(=O)CC[C@]4(C)[C@H]3[C@@H](O)C[C@@]21C. The van der Waals surface area contributed by atoms with Crippen molar-refractivity contribution >= 4 is 23.7 Å². The Labute approximate surface area is 206 Å². The van der Waals surface area contributed by atoms with Crippen molar-refractivity contribution in [3.8, 4) is 0 Å². The highest BCUT2D eigenvalue weighted by Gasteiger charge is 2.70. The number of aliphatic hydroxyl groups is 1. The molecule has 35 heavy (non-hydrogen) atoms. The third-order valence-electron chi connectivity index (χ3n) is 9.55. The van der Waals surface area contributed by atoms with Crippen LogP contribution in [0.5, 0.6) is 0 Å². The van der Waals surface area contributed by atoms with Gasteiger partial charge in [0, 0.05) is 18.8 Å². The summed E-state index contributed by atoms with van der Waals surface area (Å²) in [6.07, 6.45) is 4.80. The normalized spacial score (nSPS) is 40.0. The number of fused-ring (bicyclic) bond motifs is 5. The lowest BCUT2D eigenvalue weighted by Gasteiger charge is -2.60. The minimum Gasteiger partial charge on any atom is -0.458 e. The van der Waals surface area contributed by atoms with E-state index in [9.17, 15) is 24.3 Å². The Morgan fingerprint density at radius 1 is 1.11 bits per heavy atom. The van der Waals surface area contributed by atoms with Crippen LogP contribution in [0.3, 0.4) is 0 Å². The molecule has 194 valence electrons. The van der Waals surface area contributed by atoms with Crippen LogP contribution in [0.1, 0.15) is 79.1 Å². The molecule has 0 aromatic rings. The number of esters is 1. The largest absolute Gasteiger partial charge is 0.509 e. The summed E-state index contributed by atoms with van der Waals surface area (Å²) in [6, 6.07) is 0.